The number of aliphatic hydroxyl groups excluding tert-OH is 4. The van der Waals surface area contributed by atoms with E-state index in [0.29, 0.717) is 29.7 Å². The molecule has 0 radical (unpaired) electrons. The predicted molar refractivity (Wildman–Crippen MR) is 291 cm³/mol. The van der Waals surface area contributed by atoms with Gasteiger partial charge in [-0.15, -0.1) is 0 Å². The number of Topliss-reactive ketones (excluding diaryl/α,β-unsaturated/α-hetero) is 3. The van der Waals surface area contributed by atoms with Crippen LogP contribution in [-0.4, -0.2) is 151 Å². The second-order valence-corrected chi connectivity index (χ2v) is 21.5. The highest BCUT2D eigenvalue weighted by molar-refractivity contribution is 5.94. The number of aryl methyl sites for hydroxylation is 1. The van der Waals surface area contributed by atoms with Crippen LogP contribution >= 0.6 is 0 Å². The molecule has 7 atom stereocenters. The van der Waals surface area contributed by atoms with Gasteiger partial charge in [-0.05, 0) is 80.7 Å². The maximum atomic E-state index is 14.1. The lowest BCUT2D eigenvalue weighted by Crippen LogP contribution is -2.52. The Morgan fingerprint density at radius 3 is 2.05 bits per heavy atom. The van der Waals surface area contributed by atoms with Gasteiger partial charge in [0, 0.05) is 74.2 Å². The summed E-state index contributed by atoms with van der Waals surface area (Å²) in [6.45, 7) is 12.1. The largest absolute Gasteiger partial charge is 0.508 e. The number of aromatic nitrogens is 2. The molecule has 5 rings (SSSR count). The molecular weight excluding hydrogens is 1060 g/mol. The number of carbonyl (C=O) groups excluding carboxylic acids is 9. The molecule has 4 heterocycles. The molecular formula is C57H78N6O18. The van der Waals surface area contributed by atoms with Crippen LogP contribution in [0, 0.1) is 11.3 Å². The number of cyclic esters (lactones) is 1. The zero-order valence-electron chi connectivity index (χ0n) is 47.1. The first-order valence-electron chi connectivity index (χ1n) is 27.6. The fraction of sp³-hybridized carbons (Fsp3) is 0.596. The number of benzene rings is 1. The molecule has 24 heteroatoms. The third-order valence-electron chi connectivity index (χ3n) is 14.6. The summed E-state index contributed by atoms with van der Waals surface area (Å²) in [5.74, 6) is -6.35. The van der Waals surface area contributed by atoms with Crippen LogP contribution in [0.15, 0.2) is 29.1 Å². The molecule has 2 aliphatic heterocycles. The number of rotatable bonds is 32. The summed E-state index contributed by atoms with van der Waals surface area (Å²) in [6, 6.07) is 5.07. The third kappa shape index (κ3) is 16.4. The van der Waals surface area contributed by atoms with Gasteiger partial charge in [-0.1, -0.05) is 41.5 Å². The molecule has 2 aromatic heterocycles. The molecule has 4 amide bonds. The Hall–Kier alpha value is -6.99. The van der Waals surface area contributed by atoms with Crippen LogP contribution in [0.4, 0.5) is 0 Å². The number of ketones is 3. The summed E-state index contributed by atoms with van der Waals surface area (Å²) < 4.78 is 18.2. The average molecular weight is 1140 g/mol. The average Bonchev–Trinajstić information content (AvgIpc) is 3.84. The van der Waals surface area contributed by atoms with Gasteiger partial charge in [0.1, 0.15) is 36.5 Å². The number of ether oxygens (including phenoxy) is 3. The quantitative estimate of drug-likeness (QED) is 0.0247. The lowest BCUT2D eigenvalue weighted by atomic mass is 9.78. The van der Waals surface area contributed by atoms with Crippen LogP contribution in [0.25, 0.3) is 22.3 Å². The van der Waals surface area contributed by atoms with Crippen molar-refractivity contribution in [2.45, 2.75) is 175 Å². The van der Waals surface area contributed by atoms with Gasteiger partial charge in [-0.25, -0.2) is 9.78 Å². The standard InChI is InChI=1S/C57H78N6O18/c1-8-33-34-26-32(65)17-18-39(34)62-47-35(33)29-63-41(47)27-38-36(54(63)77)30-80-55(78)57(38,10-3)81-46(70)16-13-21-58-45(69)28-40(61-44(68)20-25-79-24-19-31(4)64)42(66)14-11-23-60-53(76)51(74)50(73)49(72)48(71)43(67)15-12-22-59-52(75)37(9-2)56(5,6)7/h17-18,26-27,37,40,48-51,65,71-74H,8-16,19-25,28-30H2,1-7H3,(H,58,69)(H,59,75)(H,60,76)(H,61,68)/t37?,40?,48-,49+,50+,51-,57+/m1/s1. The normalized spacial score (nSPS) is 16.8. The number of fused-ring (bicyclic) bond motifs is 5. The second kappa shape index (κ2) is 29.1. The molecule has 0 saturated carbocycles. The molecule has 81 heavy (non-hydrogen) atoms. The van der Waals surface area contributed by atoms with E-state index in [9.17, 15) is 73.5 Å². The van der Waals surface area contributed by atoms with E-state index in [4.69, 9.17) is 19.2 Å². The van der Waals surface area contributed by atoms with Crippen LogP contribution in [0.2, 0.25) is 0 Å². The summed E-state index contributed by atoms with van der Waals surface area (Å²) in [4.78, 5) is 135. The van der Waals surface area contributed by atoms with Crippen molar-refractivity contribution in [2.24, 2.45) is 11.3 Å². The Kier molecular flexibility index (Phi) is 23.3. The van der Waals surface area contributed by atoms with E-state index in [1.807, 2.05) is 34.6 Å². The fourth-order valence-corrected chi connectivity index (χ4v) is 10.1. The number of carbonyl (C=O) groups is 9. The maximum Gasteiger partial charge on any atom is 0.355 e. The molecule has 444 valence electrons. The molecule has 0 fully saturated rings. The van der Waals surface area contributed by atoms with Crippen molar-refractivity contribution in [1.82, 2.24) is 30.8 Å². The SMILES string of the molecule is CCc1c2c(nc3ccc(O)cc13)-c1cc3c(c(=O)n1C2)COC(=O)[C@@]3(CC)OC(=O)CCCNC(=O)CC(NC(=O)CCOCCC(C)=O)C(=O)CCCNC(=O)[C@H](O)[C@@H](O)[C@@H](O)[C@H](O)C(=O)CCCNC(=O)C(CC)C(C)(C)C. The molecule has 0 spiro atoms. The molecule has 3 aromatic rings. The molecule has 0 bridgehead atoms. The van der Waals surface area contributed by atoms with Crippen molar-refractivity contribution in [3.8, 4) is 17.1 Å². The lowest BCUT2D eigenvalue weighted by Gasteiger charge is -2.35. The predicted octanol–water partition coefficient (Wildman–Crippen LogP) is 1.50. The number of pyridine rings is 2. The number of nitrogens with one attached hydrogen (secondary N) is 4. The number of amides is 4. The van der Waals surface area contributed by atoms with E-state index in [2.05, 4.69) is 21.3 Å². The zero-order valence-corrected chi connectivity index (χ0v) is 47.1. The first-order chi connectivity index (χ1) is 38.3. The Bertz CT molecular complexity index is 2900. The van der Waals surface area contributed by atoms with Crippen LogP contribution < -0.4 is 26.8 Å². The summed E-state index contributed by atoms with van der Waals surface area (Å²) in [7, 11) is 0. The van der Waals surface area contributed by atoms with Gasteiger partial charge in [0.2, 0.25) is 23.3 Å². The van der Waals surface area contributed by atoms with E-state index < -0.39 is 89.3 Å². The van der Waals surface area contributed by atoms with Crippen LogP contribution in [0.1, 0.15) is 141 Å². The van der Waals surface area contributed by atoms with Crippen molar-refractivity contribution < 1.29 is 82.9 Å². The Labute approximate surface area is 469 Å². The van der Waals surface area contributed by atoms with E-state index in [1.165, 1.54) is 17.6 Å². The fourth-order valence-electron chi connectivity index (χ4n) is 10.1. The molecule has 0 aliphatic carbocycles. The highest BCUT2D eigenvalue weighted by Gasteiger charge is 2.50. The minimum Gasteiger partial charge on any atom is -0.508 e. The Morgan fingerprint density at radius 2 is 1.41 bits per heavy atom. The van der Waals surface area contributed by atoms with Crippen LogP contribution in [-0.2, 0) is 82.5 Å². The number of phenols is 1. The monoisotopic (exact) mass is 1130 g/mol. The Morgan fingerprint density at radius 1 is 0.778 bits per heavy atom. The van der Waals surface area contributed by atoms with Crippen molar-refractivity contribution in [1.29, 1.82) is 0 Å². The summed E-state index contributed by atoms with van der Waals surface area (Å²) >= 11 is 0. The molecule has 24 nitrogen and oxygen atoms in total. The van der Waals surface area contributed by atoms with Gasteiger partial charge in [0.05, 0.1) is 54.7 Å². The van der Waals surface area contributed by atoms with Gasteiger partial charge in [0.25, 0.3) is 11.5 Å². The maximum absolute atomic E-state index is 14.1. The molecule has 2 unspecified atom stereocenters. The Balaban J connectivity index is 1.13. The molecule has 2 aliphatic rings. The zero-order chi connectivity index (χ0) is 59.9. The van der Waals surface area contributed by atoms with Crippen molar-refractivity contribution in [2.75, 3.05) is 32.8 Å². The van der Waals surface area contributed by atoms with Crippen molar-refractivity contribution >= 4 is 63.8 Å². The summed E-state index contributed by atoms with van der Waals surface area (Å²) in [5, 5.41) is 62.9. The summed E-state index contributed by atoms with van der Waals surface area (Å²) in [5.41, 5.74) is 0.817. The highest BCUT2D eigenvalue weighted by atomic mass is 16.6. The van der Waals surface area contributed by atoms with Gasteiger partial charge >= 0.3 is 11.9 Å². The number of hydrogen-bond acceptors (Lipinski definition) is 19. The number of aromatic hydroxyl groups is 1. The number of phenolic OH excluding ortho intramolecular Hbond substituents is 1. The third-order valence-corrected chi connectivity index (χ3v) is 14.6. The van der Waals surface area contributed by atoms with Gasteiger partial charge in [0.15, 0.2) is 17.7 Å². The number of aliphatic hydroxyl groups is 4. The topological polar surface area (TPSA) is 365 Å². The minimum absolute atomic E-state index is 0.00757. The van der Waals surface area contributed by atoms with E-state index in [0.717, 1.165) is 16.5 Å². The molecule has 1 aromatic carbocycles. The first kappa shape index (κ1) is 64.8. The molecule has 9 N–H and O–H groups in total. The van der Waals surface area contributed by atoms with Gasteiger partial charge < -0.3 is 65.6 Å². The van der Waals surface area contributed by atoms with Crippen molar-refractivity contribution in [3.05, 3.63) is 56.9 Å². The lowest BCUT2D eigenvalue weighted by molar-refractivity contribution is -0.189. The molecule has 0 saturated heterocycles. The van der Waals surface area contributed by atoms with E-state index in [1.54, 1.807) is 25.1 Å². The van der Waals surface area contributed by atoms with Gasteiger partial charge in [-0.3, -0.25) is 43.2 Å². The van der Waals surface area contributed by atoms with E-state index >= 15 is 0 Å². The second-order valence-electron chi connectivity index (χ2n) is 21.5. The number of esters is 2. The first-order valence-corrected chi connectivity index (χ1v) is 27.6. The number of hydrogen-bond donors (Lipinski definition) is 9. The highest BCUT2D eigenvalue weighted by Crippen LogP contribution is 2.42. The smallest absolute Gasteiger partial charge is 0.355 e. The minimum atomic E-state index is -2.32. The van der Waals surface area contributed by atoms with Crippen LogP contribution in [0.3, 0.4) is 0 Å². The van der Waals surface area contributed by atoms with E-state index in [-0.39, 0.29) is 144 Å². The van der Waals surface area contributed by atoms with Gasteiger partial charge in [-0.2, -0.15) is 0 Å². The number of nitrogens with zero attached hydrogens (tertiary/aromatic N) is 2. The van der Waals surface area contributed by atoms with Crippen molar-refractivity contribution in [3.63, 3.8) is 0 Å². The summed E-state index contributed by atoms with van der Waals surface area (Å²) in [6.07, 6.45) is -9.58. The van der Waals surface area contributed by atoms with Crippen LogP contribution in [0.5, 0.6) is 5.75 Å².